The quantitative estimate of drug-likeness (QED) is 0.570. The number of fused-ring (bicyclic) bond motifs is 1. The van der Waals surface area contributed by atoms with Crippen LogP contribution in [0.15, 0.2) is 47.0 Å². The molecule has 142 valence electrons. The lowest BCUT2D eigenvalue weighted by atomic mass is 9.85. The number of aromatic nitrogens is 1. The van der Waals surface area contributed by atoms with Gasteiger partial charge in [-0.2, -0.15) is 0 Å². The van der Waals surface area contributed by atoms with E-state index in [9.17, 15) is 0 Å². The third kappa shape index (κ3) is 3.07. The van der Waals surface area contributed by atoms with Crippen molar-refractivity contribution in [1.29, 1.82) is 10.8 Å². The minimum atomic E-state index is -0.214. The lowest BCUT2D eigenvalue weighted by Gasteiger charge is -2.18. The molecule has 1 aromatic carbocycles. The summed E-state index contributed by atoms with van der Waals surface area (Å²) in [5.41, 5.74) is 7.60. The van der Waals surface area contributed by atoms with Crippen molar-refractivity contribution in [2.45, 2.75) is 39.2 Å². The lowest BCUT2D eigenvalue weighted by molar-refractivity contribution is 0.724. The summed E-state index contributed by atoms with van der Waals surface area (Å²) >= 11 is 0. The van der Waals surface area contributed by atoms with Crippen molar-refractivity contribution >= 4 is 34.6 Å². The number of nitrogens with one attached hydrogen (secondary N) is 3. The van der Waals surface area contributed by atoms with Crippen molar-refractivity contribution in [1.82, 2.24) is 4.98 Å². The average Bonchev–Trinajstić information content (AvgIpc) is 3.34. The number of nitrogens with zero attached hydrogens (tertiary/aromatic N) is 2. The van der Waals surface area contributed by atoms with Crippen LogP contribution in [0.3, 0.4) is 0 Å². The second kappa shape index (κ2) is 7.15. The summed E-state index contributed by atoms with van der Waals surface area (Å²) < 4.78 is 0. The fourth-order valence-corrected chi connectivity index (χ4v) is 4.17. The molecule has 2 atom stereocenters. The molecule has 2 unspecified atom stereocenters. The van der Waals surface area contributed by atoms with Gasteiger partial charge >= 0.3 is 0 Å². The maximum atomic E-state index is 8.30. The van der Waals surface area contributed by atoms with Crippen LogP contribution < -0.4 is 0 Å². The molecule has 0 amide bonds. The molecule has 0 saturated heterocycles. The van der Waals surface area contributed by atoms with Crippen molar-refractivity contribution in [3.63, 3.8) is 0 Å². The highest BCUT2D eigenvalue weighted by Crippen LogP contribution is 2.46. The SMILES string of the molecule is C=C1CC(C(C)=N)C(C(C)=N)=Nc2c(C3CCC=N3)ccc(-c3ccc[nH]3)c21. The Morgan fingerprint density at radius 2 is 2.04 bits per heavy atom. The highest BCUT2D eigenvalue weighted by molar-refractivity contribution is 6.45. The van der Waals surface area contributed by atoms with Crippen LogP contribution in [0.1, 0.15) is 50.3 Å². The van der Waals surface area contributed by atoms with Gasteiger partial charge in [-0.3, -0.25) is 4.99 Å². The molecule has 0 bridgehead atoms. The van der Waals surface area contributed by atoms with Gasteiger partial charge in [0.15, 0.2) is 0 Å². The van der Waals surface area contributed by atoms with Crippen molar-refractivity contribution in [2.75, 3.05) is 0 Å². The van der Waals surface area contributed by atoms with Gasteiger partial charge in [-0.15, -0.1) is 0 Å². The number of allylic oxidation sites excluding steroid dienone is 1. The number of aliphatic imine (C=N–C) groups is 2. The van der Waals surface area contributed by atoms with Gasteiger partial charge in [0, 0.05) is 40.2 Å². The predicted octanol–water partition coefficient (Wildman–Crippen LogP) is 5.77. The van der Waals surface area contributed by atoms with E-state index in [1.807, 2.05) is 24.5 Å². The zero-order valence-electron chi connectivity index (χ0n) is 16.3. The lowest BCUT2D eigenvalue weighted by Crippen LogP contribution is -2.26. The van der Waals surface area contributed by atoms with E-state index in [-0.39, 0.29) is 12.0 Å². The molecule has 2 aromatic rings. The molecule has 0 spiro atoms. The number of rotatable bonds is 4. The number of aromatic amines is 1. The summed E-state index contributed by atoms with van der Waals surface area (Å²) in [5, 5.41) is 16.6. The van der Waals surface area contributed by atoms with E-state index in [1.165, 1.54) is 0 Å². The van der Waals surface area contributed by atoms with Crippen molar-refractivity contribution in [2.24, 2.45) is 15.9 Å². The van der Waals surface area contributed by atoms with Crippen molar-refractivity contribution < 1.29 is 0 Å². The molecule has 0 fully saturated rings. The molecule has 5 nitrogen and oxygen atoms in total. The fraction of sp³-hybridized carbons (Fsp3) is 0.304. The standard InChI is InChI=1S/C23H25N5/c1-13-12-18(14(2)24)22(15(3)25)28-23-17(20-7-5-11-27-20)9-8-16(21(13)23)19-6-4-10-26-19/h4,6,8-11,18,20,24-26H,1,5,7,12H2,2-3H3. The van der Waals surface area contributed by atoms with E-state index in [4.69, 9.17) is 15.8 Å². The zero-order valence-corrected chi connectivity index (χ0v) is 16.3. The second-order valence-corrected chi connectivity index (χ2v) is 7.60. The Bertz CT molecular complexity index is 1020. The Morgan fingerprint density at radius 3 is 2.64 bits per heavy atom. The molecule has 1 aromatic heterocycles. The molecular weight excluding hydrogens is 346 g/mol. The van der Waals surface area contributed by atoms with E-state index in [2.05, 4.69) is 28.7 Å². The minimum Gasteiger partial charge on any atom is -0.361 e. The Labute approximate surface area is 165 Å². The smallest absolute Gasteiger partial charge is 0.0769 e. The summed E-state index contributed by atoms with van der Waals surface area (Å²) in [6, 6.07) is 8.37. The normalized spacial score (nSPS) is 21.2. The van der Waals surface area contributed by atoms with Gasteiger partial charge in [-0.25, -0.2) is 4.99 Å². The van der Waals surface area contributed by atoms with E-state index in [1.54, 1.807) is 13.8 Å². The molecule has 4 rings (SSSR count). The van der Waals surface area contributed by atoms with Gasteiger partial charge in [0.25, 0.3) is 0 Å². The molecule has 0 saturated carbocycles. The summed E-state index contributed by atoms with van der Waals surface area (Å²) in [7, 11) is 0. The monoisotopic (exact) mass is 371 g/mol. The largest absolute Gasteiger partial charge is 0.361 e. The maximum absolute atomic E-state index is 8.30. The van der Waals surface area contributed by atoms with Gasteiger partial charge in [0.05, 0.1) is 23.2 Å². The van der Waals surface area contributed by atoms with E-state index < -0.39 is 0 Å². The molecule has 0 radical (unpaired) electrons. The number of hydrogen-bond acceptors (Lipinski definition) is 4. The third-order valence-electron chi connectivity index (χ3n) is 5.58. The summed E-state index contributed by atoms with van der Waals surface area (Å²) in [4.78, 5) is 13.0. The number of H-pyrrole nitrogens is 1. The van der Waals surface area contributed by atoms with Crippen LogP contribution in [-0.4, -0.2) is 28.3 Å². The molecule has 0 aliphatic carbocycles. The van der Waals surface area contributed by atoms with Gasteiger partial charge in [0.2, 0.25) is 0 Å². The van der Waals surface area contributed by atoms with E-state index in [0.717, 1.165) is 46.5 Å². The first-order valence-electron chi connectivity index (χ1n) is 9.67. The minimum absolute atomic E-state index is 0.0907. The fourth-order valence-electron chi connectivity index (χ4n) is 4.17. The first-order chi connectivity index (χ1) is 13.5. The topological polar surface area (TPSA) is 88.2 Å². The Morgan fingerprint density at radius 1 is 1.21 bits per heavy atom. The van der Waals surface area contributed by atoms with Gasteiger partial charge in [-0.05, 0) is 57.0 Å². The highest BCUT2D eigenvalue weighted by atomic mass is 14.9. The zero-order chi connectivity index (χ0) is 19.8. The van der Waals surface area contributed by atoms with Crippen LogP contribution in [0.25, 0.3) is 16.8 Å². The van der Waals surface area contributed by atoms with Crippen LogP contribution in [0, 0.1) is 16.7 Å². The van der Waals surface area contributed by atoms with Crippen molar-refractivity contribution in [3.8, 4) is 11.3 Å². The molecule has 2 aliphatic rings. The first-order valence-corrected chi connectivity index (χ1v) is 9.67. The molecule has 28 heavy (non-hydrogen) atoms. The molecule has 3 heterocycles. The van der Waals surface area contributed by atoms with Crippen LogP contribution >= 0.6 is 0 Å². The highest BCUT2D eigenvalue weighted by Gasteiger charge is 2.30. The van der Waals surface area contributed by atoms with E-state index >= 15 is 0 Å². The first kappa shape index (κ1) is 18.3. The summed E-state index contributed by atoms with van der Waals surface area (Å²) in [5.74, 6) is -0.214. The average molecular weight is 371 g/mol. The van der Waals surface area contributed by atoms with Gasteiger partial charge in [-0.1, -0.05) is 18.7 Å². The van der Waals surface area contributed by atoms with E-state index in [0.29, 0.717) is 23.6 Å². The molecule has 3 N–H and O–H groups in total. The van der Waals surface area contributed by atoms with Crippen LogP contribution in [-0.2, 0) is 0 Å². The Balaban J connectivity index is 2.01. The molecule has 5 heteroatoms. The number of benzene rings is 1. The third-order valence-corrected chi connectivity index (χ3v) is 5.58. The van der Waals surface area contributed by atoms with Crippen molar-refractivity contribution in [3.05, 3.63) is 48.2 Å². The Kier molecular flexibility index (Phi) is 4.67. The Hall–Kier alpha value is -3.08. The summed E-state index contributed by atoms with van der Waals surface area (Å²) in [6.45, 7) is 7.93. The maximum Gasteiger partial charge on any atom is 0.0769 e. The van der Waals surface area contributed by atoms with Gasteiger partial charge < -0.3 is 15.8 Å². The number of hydrogen-bond donors (Lipinski definition) is 3. The summed E-state index contributed by atoms with van der Waals surface area (Å²) in [6.07, 6.45) is 6.45. The van der Waals surface area contributed by atoms with Gasteiger partial charge in [0.1, 0.15) is 0 Å². The molecular formula is C23H25N5. The van der Waals surface area contributed by atoms with Crippen LogP contribution in [0.5, 0.6) is 0 Å². The van der Waals surface area contributed by atoms with Crippen LogP contribution in [0.2, 0.25) is 0 Å². The van der Waals surface area contributed by atoms with Crippen LogP contribution in [0.4, 0.5) is 5.69 Å². The molecule has 2 aliphatic heterocycles. The predicted molar refractivity (Wildman–Crippen MR) is 118 cm³/mol. The second-order valence-electron chi connectivity index (χ2n) is 7.60.